The van der Waals surface area contributed by atoms with Gasteiger partial charge in [-0.15, -0.1) is 11.8 Å². The van der Waals surface area contributed by atoms with E-state index in [0.717, 1.165) is 0 Å². The van der Waals surface area contributed by atoms with Crippen LogP contribution in [0.4, 0.5) is 0 Å². The minimum Gasteiger partial charge on any atom is -0.477 e. The number of carboxylic acid groups (broad SMARTS) is 1. The third-order valence-electron chi connectivity index (χ3n) is 6.49. The van der Waals surface area contributed by atoms with Crippen LogP contribution < -0.4 is 5.32 Å². The molecular weight excluding hydrogens is 412 g/mol. The number of nitrogens with zero attached hydrogens (tertiary/aromatic N) is 3. The first-order valence-corrected chi connectivity index (χ1v) is 11.0. The summed E-state index contributed by atoms with van der Waals surface area (Å²) in [5.74, 6) is -2.30. The Hall–Kier alpha value is -2.11. The summed E-state index contributed by atoms with van der Waals surface area (Å²) >= 11 is 1.42. The van der Waals surface area contributed by atoms with Crippen LogP contribution in [0.25, 0.3) is 0 Å². The summed E-state index contributed by atoms with van der Waals surface area (Å²) in [5, 5.41) is 35.0. The second-order valence-corrected chi connectivity index (χ2v) is 9.73. The van der Waals surface area contributed by atoms with Crippen LogP contribution in [0.15, 0.2) is 15.8 Å². The van der Waals surface area contributed by atoms with Gasteiger partial charge in [-0.1, -0.05) is 12.1 Å². The average Bonchev–Trinajstić information content (AvgIpc) is 3.40. The van der Waals surface area contributed by atoms with E-state index in [0.29, 0.717) is 43.1 Å². The van der Waals surface area contributed by atoms with E-state index < -0.39 is 18.0 Å². The van der Waals surface area contributed by atoms with Crippen molar-refractivity contribution in [2.45, 2.75) is 50.1 Å². The molecule has 10 nitrogen and oxygen atoms in total. The van der Waals surface area contributed by atoms with Gasteiger partial charge in [-0.3, -0.25) is 9.59 Å². The Labute approximate surface area is 178 Å². The number of nitrogens with one attached hydrogen (secondary N) is 1. The van der Waals surface area contributed by atoms with Gasteiger partial charge in [0.25, 0.3) is 0 Å². The van der Waals surface area contributed by atoms with E-state index in [1.807, 2.05) is 6.92 Å². The van der Waals surface area contributed by atoms with Crippen LogP contribution in [0.2, 0.25) is 0 Å². The van der Waals surface area contributed by atoms with E-state index in [4.69, 9.17) is 5.21 Å². The summed E-state index contributed by atoms with van der Waals surface area (Å²) in [5.41, 5.74) is 0.600. The predicted octanol–water partition coefficient (Wildman–Crippen LogP) is -0.334. The maximum Gasteiger partial charge on any atom is 0.353 e. The monoisotopic (exact) mass is 438 g/mol. The lowest BCUT2D eigenvalue weighted by Gasteiger charge is -2.46. The Morgan fingerprint density at radius 3 is 2.70 bits per heavy atom. The molecule has 0 radical (unpaired) electrons. The molecule has 0 aromatic rings. The maximum absolute atomic E-state index is 12.7. The molecule has 0 aromatic heterocycles. The fourth-order valence-corrected chi connectivity index (χ4v) is 6.45. The molecular formula is C19H26N4O6S. The first-order chi connectivity index (χ1) is 14.2. The molecule has 0 saturated carbocycles. The Morgan fingerprint density at radius 2 is 2.10 bits per heavy atom. The number of aliphatic hydroxyl groups is 1. The van der Waals surface area contributed by atoms with Crippen LogP contribution in [-0.4, -0.2) is 91.8 Å². The van der Waals surface area contributed by atoms with E-state index in [9.17, 15) is 24.6 Å². The van der Waals surface area contributed by atoms with Crippen molar-refractivity contribution in [3.05, 3.63) is 10.6 Å². The highest BCUT2D eigenvalue weighted by molar-refractivity contribution is 8.03. The SMILES string of the molecule is C[C@@H](O)[C@H]1C(=O)N2C(C(=O)O)=C(S[C@H]3CN[C@H](C(=O)N4CC/C(=N\O)C4)C3)[C@H](C)[C@H]12. The number of amides is 2. The zero-order valence-corrected chi connectivity index (χ0v) is 17.6. The second-order valence-electron chi connectivity index (χ2n) is 8.38. The minimum absolute atomic E-state index is 0.00173. The van der Waals surface area contributed by atoms with Gasteiger partial charge in [-0.05, 0) is 13.3 Å². The molecule has 11 heteroatoms. The molecule has 0 spiro atoms. The van der Waals surface area contributed by atoms with E-state index in [1.165, 1.54) is 16.7 Å². The number of β-lactam (4-membered cyclic amide) rings is 1. The fraction of sp³-hybridized carbons (Fsp3) is 0.684. The number of thioether (sulfide) groups is 1. The number of rotatable bonds is 5. The first-order valence-electron chi connectivity index (χ1n) is 10.1. The van der Waals surface area contributed by atoms with Crippen LogP contribution in [-0.2, 0) is 14.4 Å². The predicted molar refractivity (Wildman–Crippen MR) is 108 cm³/mol. The number of hydrogen-bond donors (Lipinski definition) is 4. The van der Waals surface area contributed by atoms with Crippen LogP contribution in [0.1, 0.15) is 26.7 Å². The number of hydrogen-bond acceptors (Lipinski definition) is 8. The number of carbonyl (C=O) groups excluding carboxylic acids is 2. The summed E-state index contributed by atoms with van der Waals surface area (Å²) in [6.07, 6.45) is 0.283. The van der Waals surface area contributed by atoms with Crippen molar-refractivity contribution in [3.63, 3.8) is 0 Å². The highest BCUT2D eigenvalue weighted by Gasteiger charge is 2.60. The van der Waals surface area contributed by atoms with E-state index in [-0.39, 0.29) is 40.8 Å². The number of carbonyl (C=O) groups is 3. The summed E-state index contributed by atoms with van der Waals surface area (Å²) in [7, 11) is 0. The molecule has 4 aliphatic rings. The summed E-state index contributed by atoms with van der Waals surface area (Å²) < 4.78 is 0. The standard InChI is InChI=1S/C19H26N4O6S/c1-8-14-13(9(2)24)18(26)23(14)15(19(27)28)16(8)30-11-5-12(20-6-11)17(25)22-4-3-10(7-22)21-29/h8-9,11-14,20,24,29H,3-7H2,1-2H3,(H,27,28)/b21-10+/t8-,9-,11-,12+,13-,14-/m1/s1. The molecule has 0 aliphatic carbocycles. The lowest BCUT2D eigenvalue weighted by molar-refractivity contribution is -0.163. The Bertz CT molecular complexity index is 843. The van der Waals surface area contributed by atoms with Crippen LogP contribution in [0.5, 0.6) is 0 Å². The summed E-state index contributed by atoms with van der Waals surface area (Å²) in [4.78, 5) is 40.7. The summed E-state index contributed by atoms with van der Waals surface area (Å²) in [6.45, 7) is 4.86. The minimum atomic E-state index is -1.14. The van der Waals surface area contributed by atoms with Crippen molar-refractivity contribution in [3.8, 4) is 0 Å². The second kappa shape index (κ2) is 7.86. The Balaban J connectivity index is 1.45. The average molecular weight is 439 g/mol. The van der Waals surface area contributed by atoms with Gasteiger partial charge >= 0.3 is 5.97 Å². The molecule has 0 unspecified atom stereocenters. The van der Waals surface area contributed by atoms with Crippen molar-refractivity contribution >= 4 is 35.3 Å². The Morgan fingerprint density at radius 1 is 1.37 bits per heavy atom. The van der Waals surface area contributed by atoms with Crippen molar-refractivity contribution < 1.29 is 29.8 Å². The lowest BCUT2D eigenvalue weighted by Crippen LogP contribution is -2.63. The molecule has 164 valence electrons. The number of aliphatic carboxylic acids is 1. The number of aliphatic hydroxyl groups excluding tert-OH is 1. The van der Waals surface area contributed by atoms with Crippen LogP contribution in [0.3, 0.4) is 0 Å². The largest absolute Gasteiger partial charge is 0.477 e. The van der Waals surface area contributed by atoms with Gasteiger partial charge in [0.1, 0.15) is 5.70 Å². The van der Waals surface area contributed by atoms with Gasteiger partial charge in [-0.2, -0.15) is 0 Å². The van der Waals surface area contributed by atoms with Crippen LogP contribution >= 0.6 is 11.8 Å². The van der Waals surface area contributed by atoms with Gasteiger partial charge in [0, 0.05) is 35.6 Å². The number of fused-ring (bicyclic) bond motifs is 1. The number of carboxylic acids is 1. The van der Waals surface area contributed by atoms with Crippen molar-refractivity contribution in [1.29, 1.82) is 0 Å². The van der Waals surface area contributed by atoms with Crippen molar-refractivity contribution in [2.24, 2.45) is 17.0 Å². The molecule has 30 heavy (non-hydrogen) atoms. The van der Waals surface area contributed by atoms with Gasteiger partial charge in [0.2, 0.25) is 11.8 Å². The highest BCUT2D eigenvalue weighted by Crippen LogP contribution is 2.51. The lowest BCUT2D eigenvalue weighted by atomic mass is 9.79. The molecule has 6 atom stereocenters. The third kappa shape index (κ3) is 3.28. The molecule has 0 aromatic carbocycles. The first kappa shape index (κ1) is 21.1. The van der Waals surface area contributed by atoms with E-state index >= 15 is 0 Å². The molecule has 4 rings (SSSR count). The molecule has 0 bridgehead atoms. The van der Waals surface area contributed by atoms with Gasteiger partial charge in [0.15, 0.2) is 0 Å². The molecule has 4 aliphatic heterocycles. The van der Waals surface area contributed by atoms with Crippen molar-refractivity contribution in [1.82, 2.24) is 15.1 Å². The zero-order valence-electron chi connectivity index (χ0n) is 16.8. The Kier molecular flexibility index (Phi) is 5.54. The molecule has 3 fully saturated rings. The van der Waals surface area contributed by atoms with Gasteiger partial charge < -0.3 is 30.5 Å². The highest BCUT2D eigenvalue weighted by atomic mass is 32.2. The smallest absolute Gasteiger partial charge is 0.353 e. The molecule has 4 heterocycles. The summed E-state index contributed by atoms with van der Waals surface area (Å²) in [6, 6.07) is -0.700. The third-order valence-corrected chi connectivity index (χ3v) is 8.00. The van der Waals surface area contributed by atoms with Gasteiger partial charge in [0.05, 0.1) is 36.4 Å². The van der Waals surface area contributed by atoms with Crippen LogP contribution in [0, 0.1) is 11.8 Å². The molecule has 4 N–H and O–H groups in total. The number of likely N-dealkylation sites (tertiary alicyclic amines) is 1. The van der Waals surface area contributed by atoms with Crippen molar-refractivity contribution in [2.75, 3.05) is 19.6 Å². The normalized spacial score (nSPS) is 35.8. The fourth-order valence-electron chi connectivity index (χ4n) is 4.97. The van der Waals surface area contributed by atoms with E-state index in [1.54, 1.807) is 11.8 Å². The topological polar surface area (TPSA) is 143 Å². The molecule has 2 amide bonds. The quantitative estimate of drug-likeness (QED) is 0.260. The van der Waals surface area contributed by atoms with E-state index in [2.05, 4.69) is 10.5 Å². The zero-order chi connectivity index (χ0) is 21.7. The number of oxime groups is 1. The maximum atomic E-state index is 12.7. The van der Waals surface area contributed by atoms with Gasteiger partial charge in [-0.25, -0.2) is 4.79 Å². The molecule has 3 saturated heterocycles.